The Balaban J connectivity index is 2.10. The molecule has 17 heavy (non-hydrogen) atoms. The molecular weight excluding hydrogens is 216 g/mol. The summed E-state index contributed by atoms with van der Waals surface area (Å²) >= 11 is 0. The van der Waals surface area contributed by atoms with Gasteiger partial charge in [-0.15, -0.1) is 0 Å². The average molecular weight is 238 g/mol. The van der Waals surface area contributed by atoms with Crippen LogP contribution in [0.4, 0.5) is 0 Å². The van der Waals surface area contributed by atoms with Gasteiger partial charge in [0.15, 0.2) is 0 Å². The van der Waals surface area contributed by atoms with Gasteiger partial charge in [0.05, 0.1) is 6.04 Å². The van der Waals surface area contributed by atoms with Crippen molar-refractivity contribution in [3.63, 3.8) is 0 Å². The molecule has 1 unspecified atom stereocenters. The van der Waals surface area contributed by atoms with Crippen LogP contribution in [0.15, 0.2) is 0 Å². The van der Waals surface area contributed by atoms with Gasteiger partial charge < -0.3 is 10.2 Å². The maximum absolute atomic E-state index is 12.1. The van der Waals surface area contributed by atoms with Crippen LogP contribution >= 0.6 is 0 Å². The number of rotatable bonds is 4. The van der Waals surface area contributed by atoms with E-state index in [9.17, 15) is 9.59 Å². The first-order chi connectivity index (χ1) is 8.02. The van der Waals surface area contributed by atoms with Gasteiger partial charge in [-0.3, -0.25) is 9.59 Å². The van der Waals surface area contributed by atoms with Gasteiger partial charge in [0, 0.05) is 18.0 Å². The minimum Gasteiger partial charge on any atom is -0.331 e. The highest BCUT2D eigenvalue weighted by Crippen LogP contribution is 2.44. The van der Waals surface area contributed by atoms with E-state index in [1.165, 1.54) is 0 Å². The summed E-state index contributed by atoms with van der Waals surface area (Å²) in [6, 6.07) is 0.225. The first kappa shape index (κ1) is 12.6. The van der Waals surface area contributed by atoms with Crippen molar-refractivity contribution in [3.05, 3.63) is 0 Å². The summed E-state index contributed by atoms with van der Waals surface area (Å²) in [4.78, 5) is 25.7. The van der Waals surface area contributed by atoms with Gasteiger partial charge in [-0.1, -0.05) is 13.8 Å². The molecule has 1 amide bonds. The molecule has 2 fully saturated rings. The molecule has 2 rings (SSSR count). The third-order valence-electron chi connectivity index (χ3n) is 4.17. The van der Waals surface area contributed by atoms with Gasteiger partial charge in [0.25, 0.3) is 5.91 Å². The number of hydrogen-bond donors (Lipinski definition) is 1. The van der Waals surface area contributed by atoms with Gasteiger partial charge in [-0.25, -0.2) is 0 Å². The minimum absolute atomic E-state index is 0.101. The van der Waals surface area contributed by atoms with Crippen LogP contribution in [0, 0.1) is 5.92 Å². The lowest BCUT2D eigenvalue weighted by atomic mass is 10.0. The lowest BCUT2D eigenvalue weighted by Gasteiger charge is -2.31. The summed E-state index contributed by atoms with van der Waals surface area (Å²) in [5.41, 5.74) is 0.101. The summed E-state index contributed by atoms with van der Waals surface area (Å²) < 4.78 is 0. The monoisotopic (exact) mass is 238 g/mol. The zero-order chi connectivity index (χ0) is 12.6. The molecule has 0 bridgehead atoms. The number of hydrogen-bond acceptors (Lipinski definition) is 3. The molecule has 4 heteroatoms. The van der Waals surface area contributed by atoms with Crippen molar-refractivity contribution >= 4 is 11.7 Å². The lowest BCUT2D eigenvalue weighted by Crippen LogP contribution is -2.52. The molecule has 0 aromatic rings. The third-order valence-corrected chi connectivity index (χ3v) is 4.17. The quantitative estimate of drug-likeness (QED) is 0.742. The maximum atomic E-state index is 12.1. The second-order valence-corrected chi connectivity index (χ2v) is 5.58. The number of nitrogens with one attached hydrogen (secondary N) is 1. The summed E-state index contributed by atoms with van der Waals surface area (Å²) in [5, 5.41) is 3.34. The van der Waals surface area contributed by atoms with Crippen LogP contribution in [0.5, 0.6) is 0 Å². The van der Waals surface area contributed by atoms with Crippen molar-refractivity contribution in [3.8, 4) is 0 Å². The Labute approximate surface area is 103 Å². The second-order valence-electron chi connectivity index (χ2n) is 5.58. The van der Waals surface area contributed by atoms with Gasteiger partial charge in [0.1, 0.15) is 0 Å². The Hall–Kier alpha value is -0.900. The Morgan fingerprint density at radius 3 is 2.47 bits per heavy atom. The molecule has 1 N–H and O–H groups in total. The van der Waals surface area contributed by atoms with Crippen molar-refractivity contribution in [2.24, 2.45) is 5.92 Å². The van der Waals surface area contributed by atoms with Crippen LogP contribution in [0.3, 0.4) is 0 Å². The van der Waals surface area contributed by atoms with Gasteiger partial charge >= 0.3 is 0 Å². The Kier molecular flexibility index (Phi) is 3.25. The molecule has 1 heterocycles. The summed E-state index contributed by atoms with van der Waals surface area (Å²) in [7, 11) is 1.96. The van der Waals surface area contributed by atoms with Crippen LogP contribution < -0.4 is 5.32 Å². The van der Waals surface area contributed by atoms with E-state index in [2.05, 4.69) is 5.32 Å². The van der Waals surface area contributed by atoms with E-state index in [4.69, 9.17) is 0 Å². The van der Waals surface area contributed by atoms with Crippen LogP contribution in [0.25, 0.3) is 0 Å². The standard InChI is InChI=1S/C13H22N2O2/c1-9(2)11(16)12(17)15-8-4-5-10(15)13(14-3)6-7-13/h9-10,14H,4-8H2,1-3H3. The zero-order valence-corrected chi connectivity index (χ0v) is 11.0. The topological polar surface area (TPSA) is 49.4 Å². The van der Waals surface area contributed by atoms with E-state index in [-0.39, 0.29) is 29.2 Å². The van der Waals surface area contributed by atoms with E-state index >= 15 is 0 Å². The molecule has 4 nitrogen and oxygen atoms in total. The molecule has 1 saturated carbocycles. The van der Waals surface area contributed by atoms with E-state index < -0.39 is 0 Å². The number of Topliss-reactive ketones (excluding diaryl/α,β-unsaturated/α-hetero) is 1. The fraction of sp³-hybridized carbons (Fsp3) is 0.846. The predicted molar refractivity (Wildman–Crippen MR) is 65.6 cm³/mol. The molecule has 1 saturated heterocycles. The smallest absolute Gasteiger partial charge is 0.290 e. The fourth-order valence-corrected chi connectivity index (χ4v) is 2.86. The molecule has 0 spiro atoms. The third kappa shape index (κ3) is 2.10. The van der Waals surface area contributed by atoms with E-state index in [0.717, 1.165) is 32.2 Å². The Morgan fingerprint density at radius 2 is 2.00 bits per heavy atom. The van der Waals surface area contributed by atoms with Crippen molar-refractivity contribution in [2.75, 3.05) is 13.6 Å². The Morgan fingerprint density at radius 1 is 1.35 bits per heavy atom. The van der Waals surface area contributed by atoms with Crippen molar-refractivity contribution in [1.82, 2.24) is 10.2 Å². The minimum atomic E-state index is -0.274. The van der Waals surface area contributed by atoms with E-state index in [1.54, 1.807) is 13.8 Å². The zero-order valence-electron chi connectivity index (χ0n) is 11.0. The number of amides is 1. The first-order valence-corrected chi connectivity index (χ1v) is 6.55. The van der Waals surface area contributed by atoms with Crippen LogP contribution in [-0.2, 0) is 9.59 Å². The highest BCUT2D eigenvalue weighted by Gasteiger charge is 2.53. The van der Waals surface area contributed by atoms with E-state index in [0.29, 0.717) is 0 Å². The normalized spacial score (nSPS) is 26.4. The van der Waals surface area contributed by atoms with E-state index in [1.807, 2.05) is 11.9 Å². The fourth-order valence-electron chi connectivity index (χ4n) is 2.86. The Bertz CT molecular complexity index is 334. The van der Waals surface area contributed by atoms with Crippen molar-refractivity contribution in [2.45, 2.75) is 51.1 Å². The van der Waals surface area contributed by atoms with Crippen LogP contribution in [0.1, 0.15) is 39.5 Å². The summed E-state index contributed by atoms with van der Waals surface area (Å²) in [6.45, 7) is 4.32. The lowest BCUT2D eigenvalue weighted by molar-refractivity contribution is -0.147. The molecule has 1 aliphatic heterocycles. The second kappa shape index (κ2) is 4.41. The first-order valence-electron chi connectivity index (χ1n) is 6.55. The van der Waals surface area contributed by atoms with Gasteiger partial charge in [-0.2, -0.15) is 0 Å². The summed E-state index contributed by atoms with van der Waals surface area (Å²) in [6.07, 6.45) is 4.28. The molecule has 1 atom stereocenters. The molecule has 1 aliphatic carbocycles. The molecule has 0 radical (unpaired) electrons. The largest absolute Gasteiger partial charge is 0.331 e. The number of carbonyl (C=O) groups is 2. The van der Waals surface area contributed by atoms with Crippen LogP contribution in [-0.4, -0.2) is 41.8 Å². The highest BCUT2D eigenvalue weighted by molar-refractivity contribution is 6.36. The highest BCUT2D eigenvalue weighted by atomic mass is 16.2. The number of ketones is 1. The number of carbonyl (C=O) groups excluding carboxylic acids is 2. The number of likely N-dealkylation sites (N-methyl/N-ethyl adjacent to an activating group) is 1. The van der Waals surface area contributed by atoms with Crippen molar-refractivity contribution in [1.29, 1.82) is 0 Å². The average Bonchev–Trinajstić information content (AvgIpc) is 2.96. The summed E-state index contributed by atoms with van der Waals surface area (Å²) in [5.74, 6) is -0.721. The number of likely N-dealkylation sites (tertiary alicyclic amines) is 1. The number of nitrogens with zero attached hydrogens (tertiary/aromatic N) is 1. The SMILES string of the molecule is CNC1(C2CCCN2C(=O)C(=O)C(C)C)CC1. The molecule has 2 aliphatic rings. The van der Waals surface area contributed by atoms with Crippen molar-refractivity contribution < 1.29 is 9.59 Å². The molecular formula is C13H22N2O2. The predicted octanol–water partition coefficient (Wildman–Crippen LogP) is 0.954. The molecule has 96 valence electrons. The van der Waals surface area contributed by atoms with Gasteiger partial charge in [-0.05, 0) is 32.7 Å². The maximum Gasteiger partial charge on any atom is 0.290 e. The van der Waals surface area contributed by atoms with Crippen LogP contribution in [0.2, 0.25) is 0 Å². The molecule has 0 aromatic carbocycles. The van der Waals surface area contributed by atoms with Gasteiger partial charge in [0.2, 0.25) is 5.78 Å². The molecule has 0 aromatic heterocycles.